The molecule has 10 rings (SSSR count). The maximum absolute atomic E-state index is 10.3. The minimum atomic E-state index is -0.415. The Morgan fingerprint density at radius 2 is 0.914 bits per heavy atom. The molecule has 2 atom stereocenters. The molecule has 0 radical (unpaired) electrons. The Balaban J connectivity index is 1.42. The van der Waals surface area contributed by atoms with Crippen LogP contribution in [-0.4, -0.2) is 19.9 Å². The van der Waals surface area contributed by atoms with Gasteiger partial charge in [0.2, 0.25) is 0 Å². The molecule has 2 aliphatic heterocycles. The molecular weight excluding hydrogens is 709 g/mol. The van der Waals surface area contributed by atoms with Crippen molar-refractivity contribution in [2.75, 3.05) is 0 Å². The van der Waals surface area contributed by atoms with Crippen LogP contribution < -0.4 is 0 Å². The Kier molecular flexibility index (Phi) is 8.78. The third-order valence-corrected chi connectivity index (χ3v) is 11.3. The predicted molar refractivity (Wildman–Crippen MR) is 236 cm³/mol. The van der Waals surface area contributed by atoms with Crippen LogP contribution >= 0.6 is 0 Å². The fraction of sp³-hybridized carbons (Fsp3) is 0.0769. The lowest BCUT2D eigenvalue weighted by Gasteiger charge is -2.22. The molecule has 2 unspecified atom stereocenters. The van der Waals surface area contributed by atoms with E-state index in [2.05, 4.69) is 168 Å². The Bertz CT molecular complexity index is 3070. The third-order valence-electron chi connectivity index (χ3n) is 11.3. The number of nitrogens with one attached hydrogen (secondary N) is 2. The van der Waals surface area contributed by atoms with E-state index in [0.29, 0.717) is 12.8 Å². The van der Waals surface area contributed by atoms with E-state index >= 15 is 0 Å². The summed E-state index contributed by atoms with van der Waals surface area (Å²) in [6.45, 7) is 0. The van der Waals surface area contributed by atoms with Gasteiger partial charge in [0.15, 0.2) is 0 Å². The molecule has 2 N–H and O–H groups in total. The maximum atomic E-state index is 10.3. The van der Waals surface area contributed by atoms with Crippen LogP contribution in [0.15, 0.2) is 146 Å². The molecule has 8 bridgehead atoms. The summed E-state index contributed by atoms with van der Waals surface area (Å²) in [4.78, 5) is 18.6. The van der Waals surface area contributed by atoms with Gasteiger partial charge in [-0.25, -0.2) is 9.97 Å². The van der Waals surface area contributed by atoms with Crippen LogP contribution in [0.4, 0.5) is 0 Å². The van der Waals surface area contributed by atoms with Gasteiger partial charge in [-0.3, -0.25) is 0 Å². The number of benzene rings is 4. The minimum absolute atomic E-state index is 0.349. The Morgan fingerprint density at radius 1 is 0.466 bits per heavy atom. The first-order chi connectivity index (χ1) is 28.7. The van der Waals surface area contributed by atoms with E-state index in [4.69, 9.17) is 9.97 Å². The standard InChI is InChI=1S/C52H36N6/c53-31-38-22-21-37(29-39(38)32-54)40-30-47-50(35-17-9-3-10-18-35)45-26-25-43(56-45)48(33-13-5-1-6-14-33)41-23-24-42(55-41)49(34-15-7-2-8-16-34)44-27-28-46(57-44)51(52(40)58-47)36-19-11-4-12-20-36/h1-21,23-28,30,38-39,56,58H,22,29H2. The Labute approximate surface area is 336 Å². The zero-order chi connectivity index (χ0) is 39.0. The van der Waals surface area contributed by atoms with Crippen LogP contribution in [0.3, 0.4) is 0 Å². The summed E-state index contributed by atoms with van der Waals surface area (Å²) in [6, 6.07) is 53.0. The van der Waals surface area contributed by atoms with Crippen molar-refractivity contribution in [3.05, 3.63) is 174 Å². The van der Waals surface area contributed by atoms with Gasteiger partial charge in [-0.05, 0) is 83.2 Å². The highest BCUT2D eigenvalue weighted by atomic mass is 14.8. The van der Waals surface area contributed by atoms with Gasteiger partial charge >= 0.3 is 0 Å². The van der Waals surface area contributed by atoms with Gasteiger partial charge in [0.05, 0.1) is 52.3 Å². The third kappa shape index (κ3) is 6.14. The lowest BCUT2D eigenvalue weighted by atomic mass is 9.79. The fourth-order valence-electron chi connectivity index (χ4n) is 8.57. The molecule has 0 saturated heterocycles. The number of hydrogen-bond donors (Lipinski definition) is 2. The lowest BCUT2D eigenvalue weighted by molar-refractivity contribution is 0.493. The van der Waals surface area contributed by atoms with Crippen molar-refractivity contribution < 1.29 is 0 Å². The first-order valence-corrected chi connectivity index (χ1v) is 19.6. The molecule has 0 fully saturated rings. The number of nitriles is 2. The Morgan fingerprint density at radius 3 is 1.45 bits per heavy atom. The highest BCUT2D eigenvalue weighted by Gasteiger charge is 2.28. The van der Waals surface area contributed by atoms with Crippen molar-refractivity contribution in [1.29, 1.82) is 10.5 Å². The number of allylic oxidation sites excluding steroid dienone is 2. The number of aromatic amines is 2. The minimum Gasteiger partial charge on any atom is -0.354 e. The van der Waals surface area contributed by atoms with E-state index in [-0.39, 0.29) is 5.92 Å². The number of H-pyrrole nitrogens is 2. The number of fused-ring (bicyclic) bond motifs is 8. The summed E-state index contributed by atoms with van der Waals surface area (Å²) in [7, 11) is 0. The molecule has 274 valence electrons. The van der Waals surface area contributed by atoms with Gasteiger partial charge < -0.3 is 9.97 Å². The zero-order valence-corrected chi connectivity index (χ0v) is 31.5. The molecule has 0 spiro atoms. The summed E-state index contributed by atoms with van der Waals surface area (Å²) in [5.74, 6) is -0.764. The van der Waals surface area contributed by atoms with E-state index in [9.17, 15) is 10.5 Å². The van der Waals surface area contributed by atoms with Gasteiger partial charge in [-0.15, -0.1) is 0 Å². The molecule has 6 nitrogen and oxygen atoms in total. The van der Waals surface area contributed by atoms with Crippen LogP contribution in [-0.2, 0) is 0 Å². The van der Waals surface area contributed by atoms with Crippen molar-refractivity contribution in [3.8, 4) is 56.6 Å². The maximum Gasteiger partial charge on any atom is 0.0738 e. The van der Waals surface area contributed by atoms with E-state index in [1.54, 1.807) is 0 Å². The van der Waals surface area contributed by atoms with Crippen LogP contribution in [0, 0.1) is 34.5 Å². The van der Waals surface area contributed by atoms with Gasteiger partial charge in [0, 0.05) is 44.4 Å². The summed E-state index contributed by atoms with van der Waals surface area (Å²) in [6.07, 6.45) is 11.6. The summed E-state index contributed by atoms with van der Waals surface area (Å²) < 4.78 is 0. The van der Waals surface area contributed by atoms with Crippen molar-refractivity contribution in [2.45, 2.75) is 12.8 Å². The quantitative estimate of drug-likeness (QED) is 0.183. The molecule has 7 aromatic rings. The van der Waals surface area contributed by atoms with Crippen molar-refractivity contribution in [2.24, 2.45) is 11.8 Å². The normalized spacial score (nSPS) is 15.7. The first-order valence-electron chi connectivity index (χ1n) is 19.6. The molecule has 0 amide bonds. The molecule has 6 heteroatoms. The van der Waals surface area contributed by atoms with E-state index in [0.717, 1.165) is 100 Å². The van der Waals surface area contributed by atoms with E-state index in [1.807, 2.05) is 24.3 Å². The smallest absolute Gasteiger partial charge is 0.0738 e. The second-order valence-electron chi connectivity index (χ2n) is 14.8. The first kappa shape index (κ1) is 34.7. The molecule has 58 heavy (non-hydrogen) atoms. The number of hydrogen-bond acceptors (Lipinski definition) is 4. The second kappa shape index (κ2) is 14.7. The largest absolute Gasteiger partial charge is 0.354 e. The molecule has 1 aliphatic carbocycles. The van der Waals surface area contributed by atoms with Crippen LogP contribution in [0.5, 0.6) is 0 Å². The van der Waals surface area contributed by atoms with Gasteiger partial charge in [-0.1, -0.05) is 127 Å². The SMILES string of the molecule is N#CC1CC=C(c2cc3[nH]c2c(-c2ccccc2)c2nc(c(-c4ccccc4)c4nc(c(-c5ccccc5)c5ccc([nH]5)c3-c3ccccc3)C=C4)C=C2)CC1C#N. The second-order valence-corrected chi connectivity index (χ2v) is 14.8. The van der Waals surface area contributed by atoms with E-state index < -0.39 is 5.92 Å². The monoisotopic (exact) mass is 744 g/mol. The summed E-state index contributed by atoms with van der Waals surface area (Å²) in [5, 5.41) is 20.2. The molecular formula is C52H36N6. The average molecular weight is 745 g/mol. The van der Waals surface area contributed by atoms with Crippen LogP contribution in [0.1, 0.15) is 41.2 Å². The van der Waals surface area contributed by atoms with Crippen molar-refractivity contribution >= 4 is 51.9 Å². The average Bonchev–Trinajstić information content (AvgIpc) is 4.13. The van der Waals surface area contributed by atoms with Gasteiger partial charge in [0.25, 0.3) is 0 Å². The molecule has 5 heterocycles. The van der Waals surface area contributed by atoms with Gasteiger partial charge in [0.1, 0.15) is 0 Å². The summed E-state index contributed by atoms with van der Waals surface area (Å²) >= 11 is 0. The van der Waals surface area contributed by atoms with Crippen molar-refractivity contribution in [3.63, 3.8) is 0 Å². The predicted octanol–water partition coefficient (Wildman–Crippen LogP) is 12.8. The highest BCUT2D eigenvalue weighted by Crippen LogP contribution is 2.43. The topological polar surface area (TPSA) is 105 Å². The highest BCUT2D eigenvalue weighted by molar-refractivity contribution is 6.03. The van der Waals surface area contributed by atoms with Gasteiger partial charge in [-0.2, -0.15) is 10.5 Å². The number of rotatable bonds is 5. The molecule has 0 saturated carbocycles. The zero-order valence-electron chi connectivity index (χ0n) is 31.5. The van der Waals surface area contributed by atoms with Crippen LogP contribution in [0.25, 0.3) is 96.5 Å². The van der Waals surface area contributed by atoms with Crippen LogP contribution in [0.2, 0.25) is 0 Å². The molecule has 3 aromatic heterocycles. The molecule has 3 aliphatic rings. The summed E-state index contributed by atoms with van der Waals surface area (Å²) in [5.41, 5.74) is 17.1. The fourth-order valence-corrected chi connectivity index (χ4v) is 8.57. The lowest BCUT2D eigenvalue weighted by Crippen LogP contribution is -2.15. The number of aromatic nitrogens is 4. The van der Waals surface area contributed by atoms with Crippen molar-refractivity contribution in [1.82, 2.24) is 19.9 Å². The van der Waals surface area contributed by atoms with E-state index in [1.165, 1.54) is 0 Å². The molecule has 4 aromatic carbocycles. The Hall–Kier alpha value is -7.80. The number of nitrogens with zero attached hydrogens (tertiary/aromatic N) is 4.